The molecule has 0 aliphatic carbocycles. The number of nitrogens with zero attached hydrogens (tertiary/aromatic N) is 3. The minimum Gasteiger partial charge on any atom is -0.392 e. The molecule has 23 heavy (non-hydrogen) atoms. The summed E-state index contributed by atoms with van der Waals surface area (Å²) in [5.41, 5.74) is 4.15. The van der Waals surface area contributed by atoms with Crippen molar-refractivity contribution in [1.29, 1.82) is 5.26 Å². The van der Waals surface area contributed by atoms with Crippen molar-refractivity contribution < 1.29 is 5.11 Å². The normalized spacial score (nSPS) is 12.3. The highest BCUT2D eigenvalue weighted by Crippen LogP contribution is 2.18. The zero-order chi connectivity index (χ0) is 16.8. The Labute approximate surface area is 138 Å². The first-order chi connectivity index (χ1) is 11.0. The van der Waals surface area contributed by atoms with Crippen molar-refractivity contribution in [1.82, 2.24) is 9.47 Å². The van der Waals surface area contributed by atoms with Gasteiger partial charge in [-0.1, -0.05) is 37.3 Å². The van der Waals surface area contributed by atoms with Gasteiger partial charge in [0.25, 0.3) is 0 Å². The third kappa shape index (κ3) is 4.44. The van der Waals surface area contributed by atoms with Crippen LogP contribution in [0.15, 0.2) is 36.4 Å². The van der Waals surface area contributed by atoms with Crippen LogP contribution in [-0.4, -0.2) is 27.2 Å². The Bertz CT molecular complexity index is 670. The third-order valence-electron chi connectivity index (χ3n) is 4.34. The molecule has 0 bridgehead atoms. The van der Waals surface area contributed by atoms with Crippen LogP contribution in [0.3, 0.4) is 0 Å². The highest BCUT2D eigenvalue weighted by atomic mass is 16.3. The lowest BCUT2D eigenvalue weighted by molar-refractivity contribution is 0.101. The van der Waals surface area contributed by atoms with Crippen molar-refractivity contribution in [2.45, 2.75) is 39.5 Å². The molecule has 0 aliphatic heterocycles. The number of hydrogen-bond donors (Lipinski definition) is 1. The van der Waals surface area contributed by atoms with E-state index in [1.807, 2.05) is 49.7 Å². The van der Waals surface area contributed by atoms with Gasteiger partial charge in [-0.05, 0) is 30.5 Å². The van der Waals surface area contributed by atoms with Crippen LogP contribution in [0.4, 0.5) is 0 Å². The van der Waals surface area contributed by atoms with Crippen molar-refractivity contribution in [3.8, 4) is 6.07 Å². The zero-order valence-corrected chi connectivity index (χ0v) is 14.2. The number of nitriles is 1. The quantitative estimate of drug-likeness (QED) is 0.855. The molecule has 1 N–H and O–H groups in total. The molecule has 1 heterocycles. The van der Waals surface area contributed by atoms with Gasteiger partial charge in [-0.2, -0.15) is 5.26 Å². The molecule has 1 aromatic carbocycles. The van der Waals surface area contributed by atoms with Gasteiger partial charge >= 0.3 is 0 Å². The second-order valence-electron chi connectivity index (χ2n) is 6.03. The standard InChI is InChI=1S/C19H25N3O/c1-4-19(23)14-22(12-16-8-6-5-7-9-16)13-17-10-18(11-20)21(3)15(17)2/h5-10,19,23H,4,12-14H2,1-3H3. The summed E-state index contributed by atoms with van der Waals surface area (Å²) in [5, 5.41) is 19.2. The van der Waals surface area contributed by atoms with Gasteiger partial charge in [0, 0.05) is 32.4 Å². The van der Waals surface area contributed by atoms with Gasteiger partial charge in [0.2, 0.25) is 0 Å². The summed E-state index contributed by atoms with van der Waals surface area (Å²) < 4.78 is 1.92. The number of aromatic nitrogens is 1. The SMILES string of the molecule is CCC(O)CN(Cc1ccccc1)Cc1cc(C#N)n(C)c1C. The smallest absolute Gasteiger partial charge is 0.120 e. The van der Waals surface area contributed by atoms with E-state index in [1.54, 1.807) is 0 Å². The maximum Gasteiger partial charge on any atom is 0.120 e. The number of aliphatic hydroxyl groups is 1. The Morgan fingerprint density at radius 1 is 1.26 bits per heavy atom. The summed E-state index contributed by atoms with van der Waals surface area (Å²) in [6, 6.07) is 14.5. The van der Waals surface area contributed by atoms with Crippen LogP contribution in [-0.2, 0) is 20.1 Å². The average molecular weight is 311 g/mol. The van der Waals surface area contributed by atoms with Crippen LogP contribution >= 0.6 is 0 Å². The molecule has 0 saturated carbocycles. The Morgan fingerprint density at radius 2 is 1.96 bits per heavy atom. The average Bonchev–Trinajstić information content (AvgIpc) is 2.83. The molecular weight excluding hydrogens is 286 g/mol. The molecule has 122 valence electrons. The van der Waals surface area contributed by atoms with E-state index in [9.17, 15) is 10.4 Å². The minimum absolute atomic E-state index is 0.335. The van der Waals surface area contributed by atoms with E-state index in [-0.39, 0.29) is 6.10 Å². The van der Waals surface area contributed by atoms with Gasteiger partial charge in [-0.25, -0.2) is 0 Å². The molecule has 4 heteroatoms. The van der Waals surface area contributed by atoms with E-state index in [1.165, 1.54) is 5.56 Å². The largest absolute Gasteiger partial charge is 0.392 e. The van der Waals surface area contributed by atoms with Gasteiger partial charge in [-0.3, -0.25) is 4.90 Å². The molecule has 1 atom stereocenters. The molecule has 0 radical (unpaired) electrons. The van der Waals surface area contributed by atoms with Gasteiger partial charge < -0.3 is 9.67 Å². The van der Waals surface area contributed by atoms with Crippen LogP contribution in [0.2, 0.25) is 0 Å². The van der Waals surface area contributed by atoms with Gasteiger partial charge in [0.1, 0.15) is 11.8 Å². The van der Waals surface area contributed by atoms with Crippen LogP contribution in [0.1, 0.15) is 35.9 Å². The van der Waals surface area contributed by atoms with E-state index in [4.69, 9.17) is 0 Å². The van der Waals surface area contributed by atoms with Gasteiger partial charge in [0.15, 0.2) is 0 Å². The van der Waals surface area contributed by atoms with E-state index < -0.39 is 0 Å². The zero-order valence-electron chi connectivity index (χ0n) is 14.2. The van der Waals surface area contributed by atoms with Crippen molar-refractivity contribution in [2.75, 3.05) is 6.54 Å². The third-order valence-corrected chi connectivity index (χ3v) is 4.34. The maximum atomic E-state index is 10.1. The van der Waals surface area contributed by atoms with Crippen LogP contribution in [0, 0.1) is 18.3 Å². The summed E-state index contributed by atoms with van der Waals surface area (Å²) in [4.78, 5) is 2.24. The van der Waals surface area contributed by atoms with Gasteiger partial charge in [-0.15, -0.1) is 0 Å². The fourth-order valence-corrected chi connectivity index (χ4v) is 2.72. The molecule has 1 unspecified atom stereocenters. The molecule has 0 saturated heterocycles. The van der Waals surface area contributed by atoms with Gasteiger partial charge in [0.05, 0.1) is 6.10 Å². The number of benzene rings is 1. The summed E-state index contributed by atoms with van der Waals surface area (Å²) in [7, 11) is 1.92. The van der Waals surface area contributed by atoms with Crippen molar-refractivity contribution in [3.05, 3.63) is 58.9 Å². The first-order valence-corrected chi connectivity index (χ1v) is 8.04. The lowest BCUT2D eigenvalue weighted by Gasteiger charge is -2.25. The van der Waals surface area contributed by atoms with Crippen LogP contribution in [0.25, 0.3) is 0 Å². The lowest BCUT2D eigenvalue weighted by atomic mass is 10.1. The Hall–Kier alpha value is -2.09. The predicted molar refractivity (Wildman–Crippen MR) is 91.7 cm³/mol. The molecular formula is C19H25N3O. The Balaban J connectivity index is 2.19. The molecule has 2 rings (SSSR count). The lowest BCUT2D eigenvalue weighted by Crippen LogP contribution is -2.31. The molecule has 0 aliphatic rings. The molecule has 2 aromatic rings. The topological polar surface area (TPSA) is 52.2 Å². The van der Waals surface area contributed by atoms with Crippen molar-refractivity contribution in [3.63, 3.8) is 0 Å². The fourth-order valence-electron chi connectivity index (χ4n) is 2.72. The highest BCUT2D eigenvalue weighted by molar-refractivity contribution is 5.34. The van der Waals surface area contributed by atoms with Crippen LogP contribution < -0.4 is 0 Å². The number of aliphatic hydroxyl groups excluding tert-OH is 1. The first-order valence-electron chi connectivity index (χ1n) is 8.04. The van der Waals surface area contributed by atoms with E-state index in [0.717, 1.165) is 30.8 Å². The number of hydrogen-bond acceptors (Lipinski definition) is 3. The molecule has 0 amide bonds. The Kier molecular flexibility index (Phi) is 5.97. The van der Waals surface area contributed by atoms with Crippen molar-refractivity contribution in [2.24, 2.45) is 7.05 Å². The molecule has 1 aromatic heterocycles. The summed E-state index contributed by atoms with van der Waals surface area (Å²) in [6.45, 7) is 6.17. The summed E-state index contributed by atoms with van der Waals surface area (Å²) >= 11 is 0. The molecule has 4 nitrogen and oxygen atoms in total. The predicted octanol–water partition coefficient (Wildman–Crippen LogP) is 2.98. The number of rotatable bonds is 7. The molecule has 0 fully saturated rings. The minimum atomic E-state index is -0.335. The maximum absolute atomic E-state index is 10.1. The monoisotopic (exact) mass is 311 g/mol. The van der Waals surface area contributed by atoms with E-state index in [0.29, 0.717) is 12.2 Å². The van der Waals surface area contributed by atoms with E-state index in [2.05, 4.69) is 23.1 Å². The summed E-state index contributed by atoms with van der Waals surface area (Å²) in [5.74, 6) is 0. The summed E-state index contributed by atoms with van der Waals surface area (Å²) in [6.07, 6.45) is 0.404. The van der Waals surface area contributed by atoms with Crippen LogP contribution in [0.5, 0.6) is 0 Å². The Morgan fingerprint density at radius 3 is 2.52 bits per heavy atom. The van der Waals surface area contributed by atoms with Crippen molar-refractivity contribution >= 4 is 0 Å². The fraction of sp³-hybridized carbons (Fsp3) is 0.421. The van der Waals surface area contributed by atoms with E-state index >= 15 is 0 Å². The second kappa shape index (κ2) is 7.96. The highest BCUT2D eigenvalue weighted by Gasteiger charge is 2.15. The first kappa shape index (κ1) is 17.3. The second-order valence-corrected chi connectivity index (χ2v) is 6.03. The molecule has 0 spiro atoms.